The van der Waals surface area contributed by atoms with Crippen LogP contribution in [-0.2, 0) is 25.9 Å². The molecule has 0 radical (unpaired) electrons. The molecule has 4 aromatic carbocycles. The highest BCUT2D eigenvalue weighted by Gasteiger charge is 2.28. The second-order valence-electron chi connectivity index (χ2n) is 15.4. The summed E-state index contributed by atoms with van der Waals surface area (Å²) in [4.78, 5) is 38.1. The minimum Gasteiger partial charge on any atom is -0.508 e. The third kappa shape index (κ3) is 10.4. The summed E-state index contributed by atoms with van der Waals surface area (Å²) in [5.74, 6) is -1.25. The zero-order valence-corrected chi connectivity index (χ0v) is 36.5. The third-order valence-corrected chi connectivity index (χ3v) is 12.8. The number of carbonyl (C=O) groups is 2. The van der Waals surface area contributed by atoms with E-state index in [1.807, 2.05) is 38.1 Å². The largest absolute Gasteiger partial charge is 0.508 e. The van der Waals surface area contributed by atoms with Crippen LogP contribution in [0.2, 0.25) is 5.02 Å². The number of amides is 2. The molecular formula is C45H47ClN8O8S. The minimum atomic E-state index is -3.62. The average Bonchev–Trinajstić information content (AvgIpc) is 3.70. The fourth-order valence-electron chi connectivity index (χ4n) is 6.90. The Morgan fingerprint density at radius 1 is 0.889 bits per heavy atom. The van der Waals surface area contributed by atoms with Crippen molar-refractivity contribution >= 4 is 62.1 Å². The molecule has 328 valence electrons. The number of phenols is 2. The SMILES string of the molecule is CC(C)c1cc(-c2onc(C(=O)NCC(=O)Nc3cccc(Nc4ncc(Cl)c(Nc5ccccc5S(=O)(=O)C(C)C)n4)c3)c2-c2ccc(CN3CCOCC3)cc2)c(O)cc1O. The number of morpholine rings is 1. The first-order chi connectivity index (χ1) is 30.2. The second kappa shape index (κ2) is 19.2. The maximum atomic E-state index is 13.8. The monoisotopic (exact) mass is 894 g/mol. The number of aromatic nitrogens is 3. The minimum absolute atomic E-state index is 0.0783. The molecule has 0 bridgehead atoms. The summed E-state index contributed by atoms with van der Waals surface area (Å²) in [7, 11) is -3.62. The standard InChI is InChI=1S/C45H47ClN8O8S/c1-26(2)32-21-33(37(56)22-36(32)55)42-40(29-14-12-28(13-15-29)25-54-16-18-61-19-17-54)41(53-62-42)44(58)47-24-39(57)49-30-8-7-9-31(20-30)50-45-48-23-34(46)43(52-45)51-35-10-5-6-11-38(35)63(59,60)27(3)4/h5-15,20-23,26-27,55-56H,16-19,24-25H2,1-4H3,(H,47,58)(H,49,57)(H2,48,50,51,52). The number of carbonyl (C=O) groups excluding carboxylic acids is 2. The summed E-state index contributed by atoms with van der Waals surface area (Å²) in [6.45, 7) is 10.3. The molecule has 1 saturated heterocycles. The van der Waals surface area contributed by atoms with Crippen LogP contribution in [0.3, 0.4) is 0 Å². The van der Waals surface area contributed by atoms with Gasteiger partial charge in [-0.05, 0) is 72.9 Å². The Kier molecular flexibility index (Phi) is 13.6. The van der Waals surface area contributed by atoms with Gasteiger partial charge < -0.3 is 40.7 Å². The molecule has 1 aliphatic rings. The summed E-state index contributed by atoms with van der Waals surface area (Å²) in [6, 6.07) is 23.6. The summed E-state index contributed by atoms with van der Waals surface area (Å²) in [5.41, 5.74) is 3.83. The molecular weight excluding hydrogens is 848 g/mol. The maximum absolute atomic E-state index is 13.8. The van der Waals surface area contributed by atoms with Gasteiger partial charge in [0, 0.05) is 37.1 Å². The van der Waals surface area contributed by atoms with Gasteiger partial charge >= 0.3 is 0 Å². The van der Waals surface area contributed by atoms with Crippen LogP contribution < -0.4 is 21.3 Å². The van der Waals surface area contributed by atoms with Crippen LogP contribution in [0.5, 0.6) is 11.5 Å². The smallest absolute Gasteiger partial charge is 0.274 e. The maximum Gasteiger partial charge on any atom is 0.274 e. The lowest BCUT2D eigenvalue weighted by atomic mass is 9.94. The van der Waals surface area contributed by atoms with Gasteiger partial charge in [0.25, 0.3) is 5.91 Å². The van der Waals surface area contributed by atoms with E-state index in [9.17, 15) is 28.2 Å². The lowest BCUT2D eigenvalue weighted by Gasteiger charge is -2.26. The molecule has 63 heavy (non-hydrogen) atoms. The highest BCUT2D eigenvalue weighted by molar-refractivity contribution is 7.92. The molecule has 0 atom stereocenters. The number of halogens is 1. The number of aromatic hydroxyl groups is 2. The van der Waals surface area contributed by atoms with Crippen LogP contribution in [0, 0.1) is 0 Å². The first-order valence-electron chi connectivity index (χ1n) is 20.2. The highest BCUT2D eigenvalue weighted by atomic mass is 35.5. The molecule has 3 heterocycles. The lowest BCUT2D eigenvalue weighted by Crippen LogP contribution is -2.35. The van der Waals surface area contributed by atoms with Crippen molar-refractivity contribution in [1.29, 1.82) is 0 Å². The Morgan fingerprint density at radius 3 is 2.35 bits per heavy atom. The molecule has 18 heteroatoms. The number of para-hydroxylation sites is 1. The molecule has 6 N–H and O–H groups in total. The Labute approximate surface area is 369 Å². The van der Waals surface area contributed by atoms with E-state index in [0.717, 1.165) is 25.2 Å². The van der Waals surface area contributed by atoms with Crippen LogP contribution in [0.4, 0.5) is 28.8 Å². The number of rotatable bonds is 15. The van der Waals surface area contributed by atoms with Crippen molar-refractivity contribution in [3.63, 3.8) is 0 Å². The molecule has 6 aromatic rings. The van der Waals surface area contributed by atoms with Crippen LogP contribution >= 0.6 is 11.6 Å². The lowest BCUT2D eigenvalue weighted by molar-refractivity contribution is -0.115. The van der Waals surface area contributed by atoms with Gasteiger partial charge in [-0.2, -0.15) is 4.98 Å². The van der Waals surface area contributed by atoms with E-state index >= 15 is 0 Å². The van der Waals surface area contributed by atoms with Crippen LogP contribution in [0.15, 0.2) is 101 Å². The zero-order valence-electron chi connectivity index (χ0n) is 35.0. The number of phenolic OH excluding ortho intramolecular Hbond substituents is 2. The van der Waals surface area contributed by atoms with E-state index in [1.54, 1.807) is 62.4 Å². The van der Waals surface area contributed by atoms with E-state index in [2.05, 4.69) is 41.3 Å². The van der Waals surface area contributed by atoms with E-state index in [4.69, 9.17) is 20.9 Å². The molecule has 1 fully saturated rings. The van der Waals surface area contributed by atoms with Crippen LogP contribution in [0.1, 0.15) is 55.2 Å². The zero-order chi connectivity index (χ0) is 44.8. The molecule has 0 unspecified atom stereocenters. The highest BCUT2D eigenvalue weighted by Crippen LogP contribution is 2.43. The molecule has 7 rings (SSSR count). The number of nitrogens with one attached hydrogen (secondary N) is 4. The first kappa shape index (κ1) is 44.5. The van der Waals surface area contributed by atoms with Crippen molar-refractivity contribution in [3.8, 4) is 33.9 Å². The van der Waals surface area contributed by atoms with Gasteiger partial charge in [-0.25, -0.2) is 13.4 Å². The van der Waals surface area contributed by atoms with E-state index in [1.165, 1.54) is 18.3 Å². The molecule has 2 amide bonds. The predicted octanol–water partition coefficient (Wildman–Crippen LogP) is 7.86. The molecule has 0 aliphatic carbocycles. The van der Waals surface area contributed by atoms with Gasteiger partial charge in [-0.1, -0.05) is 73.1 Å². The number of nitrogens with zero attached hydrogens (tertiary/aromatic N) is 4. The van der Waals surface area contributed by atoms with Gasteiger partial charge in [-0.3, -0.25) is 14.5 Å². The molecule has 2 aromatic heterocycles. The summed E-state index contributed by atoms with van der Waals surface area (Å²) in [6.07, 6.45) is 1.37. The molecule has 0 saturated carbocycles. The van der Waals surface area contributed by atoms with Crippen molar-refractivity contribution in [1.82, 2.24) is 25.3 Å². The normalized spacial score (nSPS) is 13.3. The Balaban J connectivity index is 1.06. The number of hydrogen-bond acceptors (Lipinski definition) is 14. The van der Waals surface area contributed by atoms with Gasteiger partial charge in [0.15, 0.2) is 27.1 Å². The van der Waals surface area contributed by atoms with Crippen molar-refractivity contribution in [3.05, 3.63) is 113 Å². The van der Waals surface area contributed by atoms with E-state index in [-0.39, 0.29) is 56.1 Å². The topological polar surface area (TPSA) is 221 Å². The molecule has 0 spiro atoms. The Bertz CT molecular complexity index is 2740. The third-order valence-electron chi connectivity index (χ3n) is 10.3. The number of sulfone groups is 1. The van der Waals surface area contributed by atoms with Gasteiger partial charge in [0.2, 0.25) is 11.9 Å². The number of hydrogen-bond donors (Lipinski definition) is 6. The molecule has 1 aliphatic heterocycles. The van der Waals surface area contributed by atoms with Gasteiger partial charge in [0.05, 0.1) is 52.9 Å². The van der Waals surface area contributed by atoms with Crippen LogP contribution in [-0.4, -0.2) is 88.6 Å². The van der Waals surface area contributed by atoms with Crippen molar-refractivity contribution in [2.24, 2.45) is 0 Å². The first-order valence-corrected chi connectivity index (χ1v) is 22.1. The quantitative estimate of drug-likeness (QED) is 0.0578. The number of ether oxygens (including phenoxy) is 1. The Morgan fingerprint density at radius 2 is 1.62 bits per heavy atom. The summed E-state index contributed by atoms with van der Waals surface area (Å²) >= 11 is 6.41. The van der Waals surface area contributed by atoms with Gasteiger partial charge in [0.1, 0.15) is 16.5 Å². The number of benzene rings is 4. The fraction of sp³-hybridized carbons (Fsp3) is 0.267. The van der Waals surface area contributed by atoms with Crippen LogP contribution in [0.25, 0.3) is 22.5 Å². The average molecular weight is 895 g/mol. The van der Waals surface area contributed by atoms with E-state index < -0.39 is 33.4 Å². The molecule has 16 nitrogen and oxygen atoms in total. The van der Waals surface area contributed by atoms with Crippen molar-refractivity contribution < 1.29 is 37.5 Å². The van der Waals surface area contributed by atoms with E-state index in [0.29, 0.717) is 47.0 Å². The fourth-order valence-corrected chi connectivity index (χ4v) is 8.24. The summed E-state index contributed by atoms with van der Waals surface area (Å²) < 4.78 is 37.3. The van der Waals surface area contributed by atoms with Crippen molar-refractivity contribution in [2.75, 3.05) is 48.8 Å². The number of anilines is 5. The Hall–Kier alpha value is -6.53. The van der Waals surface area contributed by atoms with Crippen molar-refractivity contribution in [2.45, 2.75) is 50.3 Å². The predicted molar refractivity (Wildman–Crippen MR) is 241 cm³/mol. The summed E-state index contributed by atoms with van der Waals surface area (Å²) in [5, 5.41) is 36.6. The van der Waals surface area contributed by atoms with Gasteiger partial charge in [-0.15, -0.1) is 0 Å². The second-order valence-corrected chi connectivity index (χ2v) is 18.3.